The van der Waals surface area contributed by atoms with Crippen LogP contribution in [0.1, 0.15) is 24.4 Å². The highest BCUT2D eigenvalue weighted by molar-refractivity contribution is 5.79. The number of hydrogen-bond donors (Lipinski definition) is 3. The lowest BCUT2D eigenvalue weighted by atomic mass is 10.2. The minimum Gasteiger partial charge on any atom is -0.346 e. The van der Waals surface area contributed by atoms with E-state index in [2.05, 4.69) is 42.0 Å². The summed E-state index contributed by atoms with van der Waals surface area (Å²) >= 11 is 0. The average Bonchev–Trinajstić information content (AvgIpc) is 3.06. The van der Waals surface area contributed by atoms with Gasteiger partial charge in [-0.1, -0.05) is 5.21 Å². The van der Waals surface area contributed by atoms with Crippen molar-refractivity contribution in [1.29, 1.82) is 0 Å². The van der Waals surface area contributed by atoms with E-state index < -0.39 is 0 Å². The Morgan fingerprint density at radius 2 is 2.39 bits per heavy atom. The van der Waals surface area contributed by atoms with Crippen molar-refractivity contribution in [2.24, 2.45) is 0 Å². The van der Waals surface area contributed by atoms with Crippen LogP contribution in [0.3, 0.4) is 0 Å². The van der Waals surface area contributed by atoms with Crippen LogP contribution in [0.15, 0.2) is 24.5 Å². The molecule has 0 radical (unpaired) electrons. The number of aromatic nitrogens is 6. The van der Waals surface area contributed by atoms with Gasteiger partial charge in [-0.2, -0.15) is 5.21 Å². The Bertz CT molecular complexity index is 628. The van der Waals surface area contributed by atoms with Crippen molar-refractivity contribution in [3.8, 4) is 0 Å². The lowest BCUT2D eigenvalue weighted by molar-refractivity contribution is 0.548. The number of aromatic amines is 2. The van der Waals surface area contributed by atoms with Crippen molar-refractivity contribution in [3.63, 3.8) is 0 Å². The molecular weight excluding hydrogens is 230 g/mol. The van der Waals surface area contributed by atoms with E-state index in [1.807, 2.05) is 19.2 Å². The smallest absolute Gasteiger partial charge is 0.191 e. The molecule has 7 nitrogen and oxygen atoms in total. The fraction of sp³-hybridized carbons (Fsp3) is 0.273. The van der Waals surface area contributed by atoms with Gasteiger partial charge >= 0.3 is 0 Å². The molecule has 0 aliphatic rings. The lowest BCUT2D eigenvalue weighted by Crippen LogP contribution is -2.19. The van der Waals surface area contributed by atoms with Gasteiger partial charge in [0.05, 0.1) is 6.04 Å². The molecule has 18 heavy (non-hydrogen) atoms. The molecule has 1 atom stereocenters. The fourth-order valence-corrected chi connectivity index (χ4v) is 1.87. The van der Waals surface area contributed by atoms with Gasteiger partial charge in [0.15, 0.2) is 5.82 Å². The molecule has 92 valence electrons. The Kier molecular flexibility index (Phi) is 2.73. The first-order valence-electron chi connectivity index (χ1n) is 5.72. The summed E-state index contributed by atoms with van der Waals surface area (Å²) in [4.78, 5) is 7.40. The molecule has 7 heteroatoms. The number of nitrogens with zero attached hydrogens (tertiary/aromatic N) is 4. The highest BCUT2D eigenvalue weighted by Gasteiger charge is 2.10. The summed E-state index contributed by atoms with van der Waals surface area (Å²) in [6, 6.07) is 4.03. The van der Waals surface area contributed by atoms with Crippen molar-refractivity contribution in [2.45, 2.75) is 19.5 Å². The van der Waals surface area contributed by atoms with Gasteiger partial charge in [-0.25, -0.2) is 4.98 Å². The second kappa shape index (κ2) is 4.53. The Morgan fingerprint density at radius 3 is 3.22 bits per heavy atom. The van der Waals surface area contributed by atoms with Gasteiger partial charge in [0.2, 0.25) is 0 Å². The van der Waals surface area contributed by atoms with Crippen molar-refractivity contribution < 1.29 is 0 Å². The predicted molar refractivity (Wildman–Crippen MR) is 65.5 cm³/mol. The van der Waals surface area contributed by atoms with Gasteiger partial charge in [0.25, 0.3) is 0 Å². The van der Waals surface area contributed by atoms with E-state index in [1.165, 1.54) is 5.56 Å². The summed E-state index contributed by atoms with van der Waals surface area (Å²) in [5.74, 6) is 0.660. The van der Waals surface area contributed by atoms with Crippen molar-refractivity contribution in [2.75, 3.05) is 0 Å². The van der Waals surface area contributed by atoms with Gasteiger partial charge in [-0.3, -0.25) is 0 Å². The Balaban J connectivity index is 1.73. The van der Waals surface area contributed by atoms with E-state index in [0.29, 0.717) is 5.82 Å². The summed E-state index contributed by atoms with van der Waals surface area (Å²) in [6.45, 7) is 2.72. The minimum atomic E-state index is 0.0466. The SMILES string of the molecule is CC(NCc1c[nH]c2ncccc12)c1nn[nH]n1. The molecular formula is C11H13N7. The second-order valence-corrected chi connectivity index (χ2v) is 4.09. The molecule has 3 heterocycles. The molecule has 3 rings (SSSR count). The Hall–Kier alpha value is -2.28. The first-order chi connectivity index (χ1) is 8.84. The number of H-pyrrole nitrogens is 2. The maximum atomic E-state index is 4.26. The maximum absolute atomic E-state index is 4.26. The van der Waals surface area contributed by atoms with Crippen LogP contribution in [0.2, 0.25) is 0 Å². The Morgan fingerprint density at radius 1 is 1.44 bits per heavy atom. The number of pyridine rings is 1. The maximum Gasteiger partial charge on any atom is 0.191 e. The molecule has 1 unspecified atom stereocenters. The van der Waals surface area contributed by atoms with Gasteiger partial charge in [-0.15, -0.1) is 10.2 Å². The number of nitrogens with one attached hydrogen (secondary N) is 3. The van der Waals surface area contributed by atoms with Crippen molar-refractivity contribution in [1.82, 2.24) is 35.9 Å². The number of tetrazole rings is 1. The quantitative estimate of drug-likeness (QED) is 0.633. The number of fused-ring (bicyclic) bond motifs is 1. The topological polar surface area (TPSA) is 95.2 Å². The van der Waals surface area contributed by atoms with Gasteiger partial charge in [-0.05, 0) is 24.6 Å². The minimum absolute atomic E-state index is 0.0466. The van der Waals surface area contributed by atoms with E-state index in [-0.39, 0.29) is 6.04 Å². The highest BCUT2D eigenvalue weighted by atomic mass is 15.5. The third kappa shape index (κ3) is 1.95. The standard InChI is InChI=1S/C11H13N7/c1-7(10-15-17-18-16-10)13-5-8-6-14-11-9(8)3-2-4-12-11/h2-4,6-7,13H,5H2,1H3,(H,12,14)(H,15,16,17,18). The zero-order valence-electron chi connectivity index (χ0n) is 9.88. The van der Waals surface area contributed by atoms with Crippen LogP contribution < -0.4 is 5.32 Å². The average molecular weight is 243 g/mol. The van der Waals surface area contributed by atoms with Crippen LogP contribution in [0.4, 0.5) is 0 Å². The summed E-state index contributed by atoms with van der Waals surface area (Å²) in [5.41, 5.74) is 2.08. The molecule has 0 aliphatic carbocycles. The first-order valence-corrected chi connectivity index (χ1v) is 5.72. The molecule has 0 saturated heterocycles. The molecule has 0 spiro atoms. The molecule has 3 aromatic heterocycles. The van der Waals surface area contributed by atoms with E-state index in [0.717, 1.165) is 17.6 Å². The molecule has 3 N–H and O–H groups in total. The molecule has 0 bridgehead atoms. The van der Waals surface area contributed by atoms with E-state index >= 15 is 0 Å². The lowest BCUT2D eigenvalue weighted by Gasteiger charge is -2.08. The van der Waals surface area contributed by atoms with Crippen molar-refractivity contribution >= 4 is 11.0 Å². The highest BCUT2D eigenvalue weighted by Crippen LogP contribution is 2.16. The molecule has 0 aromatic carbocycles. The zero-order valence-corrected chi connectivity index (χ0v) is 9.88. The largest absolute Gasteiger partial charge is 0.346 e. The Labute approximate surface area is 103 Å². The predicted octanol–water partition coefficient (Wildman–Crippen LogP) is 0.927. The second-order valence-electron chi connectivity index (χ2n) is 4.09. The number of hydrogen-bond acceptors (Lipinski definition) is 5. The monoisotopic (exact) mass is 243 g/mol. The van der Waals surface area contributed by atoms with Gasteiger partial charge < -0.3 is 10.3 Å². The van der Waals surface area contributed by atoms with Crippen molar-refractivity contribution in [3.05, 3.63) is 35.9 Å². The summed E-state index contributed by atoms with van der Waals surface area (Å²) in [5, 5.41) is 18.4. The molecule has 3 aromatic rings. The van der Waals surface area contributed by atoms with Crippen LogP contribution in [-0.4, -0.2) is 30.6 Å². The molecule has 0 saturated carbocycles. The van der Waals surface area contributed by atoms with Crippen LogP contribution in [0.5, 0.6) is 0 Å². The van der Waals surface area contributed by atoms with Gasteiger partial charge in [0, 0.05) is 24.3 Å². The van der Waals surface area contributed by atoms with Gasteiger partial charge in [0.1, 0.15) is 5.65 Å². The van der Waals surface area contributed by atoms with E-state index in [4.69, 9.17) is 0 Å². The van der Waals surface area contributed by atoms with Crippen LogP contribution in [0.25, 0.3) is 11.0 Å². The summed E-state index contributed by atoms with van der Waals surface area (Å²) in [7, 11) is 0. The van der Waals surface area contributed by atoms with Crippen LogP contribution in [0, 0.1) is 0 Å². The molecule has 0 fully saturated rings. The third-order valence-corrected chi connectivity index (χ3v) is 2.88. The normalized spacial score (nSPS) is 12.9. The zero-order chi connectivity index (χ0) is 12.4. The van der Waals surface area contributed by atoms with Crippen LogP contribution >= 0.6 is 0 Å². The van der Waals surface area contributed by atoms with Crippen LogP contribution in [-0.2, 0) is 6.54 Å². The molecule has 0 amide bonds. The number of rotatable bonds is 4. The van der Waals surface area contributed by atoms with E-state index in [1.54, 1.807) is 6.20 Å². The summed E-state index contributed by atoms with van der Waals surface area (Å²) in [6.07, 6.45) is 3.74. The summed E-state index contributed by atoms with van der Waals surface area (Å²) < 4.78 is 0. The fourth-order valence-electron chi connectivity index (χ4n) is 1.87. The molecule has 0 aliphatic heterocycles. The van der Waals surface area contributed by atoms with E-state index in [9.17, 15) is 0 Å². The third-order valence-electron chi connectivity index (χ3n) is 2.88. The first kappa shape index (κ1) is 10.8.